The Labute approximate surface area is 297 Å². The van der Waals surface area contributed by atoms with Crippen molar-refractivity contribution < 1.29 is 36.3 Å². The number of sulfonamides is 1. The van der Waals surface area contributed by atoms with Gasteiger partial charge in [0.15, 0.2) is 0 Å². The minimum atomic E-state index is -4.39. The Kier molecular flexibility index (Phi) is 11.4. The van der Waals surface area contributed by atoms with Crippen LogP contribution < -0.4 is 10.6 Å². The van der Waals surface area contributed by atoms with Gasteiger partial charge in [0.25, 0.3) is 11.8 Å². The summed E-state index contributed by atoms with van der Waals surface area (Å²) in [6, 6.07) is 10.2. The van der Waals surface area contributed by atoms with Gasteiger partial charge in [-0.1, -0.05) is 41.4 Å². The number of ether oxygens (including phenoxy) is 1. The summed E-state index contributed by atoms with van der Waals surface area (Å²) in [5.41, 5.74) is 1.06. The summed E-state index contributed by atoms with van der Waals surface area (Å²) >= 11 is 12.2. The number of nitriles is 1. The number of pyridine rings is 1. The molecule has 264 valence electrons. The van der Waals surface area contributed by atoms with Crippen LogP contribution in [0.15, 0.2) is 65.8 Å². The molecule has 0 aliphatic carbocycles. The molecule has 1 aromatic heterocycles. The van der Waals surface area contributed by atoms with Crippen LogP contribution in [-0.4, -0.2) is 90.7 Å². The molecule has 0 spiro atoms. The molecule has 50 heavy (non-hydrogen) atoms. The summed E-state index contributed by atoms with van der Waals surface area (Å²) in [5, 5.41) is 14.8. The number of hydrogen-bond donors (Lipinski definition) is 2. The summed E-state index contributed by atoms with van der Waals surface area (Å²) in [6.07, 6.45) is 2.01. The summed E-state index contributed by atoms with van der Waals surface area (Å²) in [7, 11) is -4.39. The van der Waals surface area contributed by atoms with E-state index in [2.05, 4.69) is 15.6 Å². The van der Waals surface area contributed by atoms with E-state index in [1.165, 1.54) is 41.6 Å². The molecule has 3 aromatic rings. The first kappa shape index (κ1) is 37.1. The number of aromatic nitrogens is 1. The highest BCUT2D eigenvalue weighted by molar-refractivity contribution is 7.89. The normalized spacial score (nSPS) is 19.8. The average molecular weight is 750 g/mol. The maximum absolute atomic E-state index is 14.2. The van der Waals surface area contributed by atoms with Gasteiger partial charge in [0.1, 0.15) is 12.1 Å². The number of benzene rings is 2. The molecule has 2 fully saturated rings. The molecule has 2 saturated heterocycles. The van der Waals surface area contributed by atoms with Crippen LogP contribution in [-0.2, 0) is 30.8 Å². The monoisotopic (exact) mass is 748 g/mol. The van der Waals surface area contributed by atoms with Crippen molar-refractivity contribution in [1.82, 2.24) is 19.5 Å². The third kappa shape index (κ3) is 8.39. The lowest BCUT2D eigenvalue weighted by Gasteiger charge is -2.25. The highest BCUT2D eigenvalue weighted by Gasteiger charge is 2.50. The largest absolute Gasteiger partial charge is 0.464 e. The van der Waals surface area contributed by atoms with Crippen LogP contribution in [0, 0.1) is 11.3 Å². The number of carbonyl (C=O) groups excluding carboxylic acids is 3. The molecule has 3 heterocycles. The maximum atomic E-state index is 14.2. The van der Waals surface area contributed by atoms with Gasteiger partial charge in [0, 0.05) is 50.1 Å². The smallest absolute Gasteiger partial charge is 0.328 e. The molecule has 2 amide bonds. The summed E-state index contributed by atoms with van der Waals surface area (Å²) in [6.45, 7) is 0.788. The van der Waals surface area contributed by atoms with E-state index in [0.29, 0.717) is 11.3 Å². The van der Waals surface area contributed by atoms with Crippen LogP contribution in [0.25, 0.3) is 0 Å². The summed E-state index contributed by atoms with van der Waals surface area (Å²) in [4.78, 5) is 44.8. The standard InChI is InChI=1S/C33H32Cl2F2N6O6S/c1-2-49-32(46)27(13-20-6-8-22(9-7-20)40-31(45)29-25(34)16-39-17-26(29)35)41-30(44)28-14-23(42-11-10-33(36,37)19-42)18-43(28)50(47,48)24-5-3-4-21(12-24)15-38/h3-9,12,16-17,23,27-28H,2,10-11,13-14,18-19H2,1H3,(H,40,45)(H,41,44)/t23-,27-,28-/m0/s1. The topological polar surface area (TPSA) is 162 Å². The van der Waals surface area contributed by atoms with Crippen molar-refractivity contribution >= 4 is 56.7 Å². The zero-order chi connectivity index (χ0) is 36.2. The molecule has 2 aliphatic rings. The van der Waals surface area contributed by atoms with Gasteiger partial charge in [-0.2, -0.15) is 9.57 Å². The van der Waals surface area contributed by atoms with Gasteiger partial charge in [-0.05, 0) is 49.2 Å². The Bertz CT molecular complexity index is 1910. The number of halogens is 4. The van der Waals surface area contributed by atoms with Crippen LogP contribution in [0.1, 0.15) is 41.3 Å². The highest BCUT2D eigenvalue weighted by atomic mass is 35.5. The fourth-order valence-corrected chi connectivity index (χ4v) is 8.19. The second kappa shape index (κ2) is 15.4. The van der Waals surface area contributed by atoms with Gasteiger partial charge in [0.05, 0.1) is 45.3 Å². The minimum Gasteiger partial charge on any atom is -0.464 e. The molecule has 2 aromatic carbocycles. The van der Waals surface area contributed by atoms with Gasteiger partial charge >= 0.3 is 5.97 Å². The van der Waals surface area contributed by atoms with Crippen molar-refractivity contribution in [3.05, 3.63) is 87.7 Å². The zero-order valence-electron chi connectivity index (χ0n) is 26.6. The van der Waals surface area contributed by atoms with Crippen molar-refractivity contribution in [1.29, 1.82) is 5.26 Å². The number of esters is 1. The third-order valence-electron chi connectivity index (χ3n) is 8.44. The predicted octanol–water partition coefficient (Wildman–Crippen LogP) is 4.28. The number of nitrogens with one attached hydrogen (secondary N) is 2. The lowest BCUT2D eigenvalue weighted by molar-refractivity contribution is -0.147. The number of nitrogens with zero attached hydrogens (tertiary/aromatic N) is 4. The number of rotatable bonds is 11. The molecule has 17 heteroatoms. The van der Waals surface area contributed by atoms with E-state index >= 15 is 0 Å². The van der Waals surface area contributed by atoms with Crippen molar-refractivity contribution in [2.24, 2.45) is 0 Å². The molecule has 12 nitrogen and oxygen atoms in total. The van der Waals surface area contributed by atoms with E-state index < -0.39 is 64.8 Å². The molecule has 0 unspecified atom stereocenters. The van der Waals surface area contributed by atoms with E-state index in [1.807, 2.05) is 6.07 Å². The van der Waals surface area contributed by atoms with Crippen molar-refractivity contribution in [3.8, 4) is 6.07 Å². The Hall–Kier alpha value is -4.20. The molecule has 0 saturated carbocycles. The maximum Gasteiger partial charge on any atom is 0.328 e. The van der Waals surface area contributed by atoms with Gasteiger partial charge < -0.3 is 15.4 Å². The summed E-state index contributed by atoms with van der Waals surface area (Å²) in [5.74, 6) is -5.10. The number of carbonyl (C=O) groups is 3. The quantitative estimate of drug-likeness (QED) is 0.273. The molecular weight excluding hydrogens is 717 g/mol. The lowest BCUT2D eigenvalue weighted by atomic mass is 10.0. The molecule has 2 N–H and O–H groups in total. The van der Waals surface area contributed by atoms with Crippen molar-refractivity contribution in [3.63, 3.8) is 0 Å². The van der Waals surface area contributed by atoms with Gasteiger partial charge in [-0.25, -0.2) is 22.0 Å². The Morgan fingerprint density at radius 3 is 2.46 bits per heavy atom. The van der Waals surface area contributed by atoms with E-state index in [1.54, 1.807) is 31.2 Å². The second-order valence-corrected chi connectivity index (χ2v) is 14.5. The Balaban J connectivity index is 1.36. The second-order valence-electron chi connectivity index (χ2n) is 11.8. The minimum absolute atomic E-state index is 0.000704. The van der Waals surface area contributed by atoms with Crippen LogP contribution in [0.3, 0.4) is 0 Å². The first-order chi connectivity index (χ1) is 23.7. The number of likely N-dealkylation sites (tertiary alicyclic amines) is 1. The SMILES string of the molecule is CCOC(=O)[C@H](Cc1ccc(NC(=O)c2c(Cl)cncc2Cl)cc1)NC(=O)[C@@H]1C[C@H](N2CCC(F)(F)C2)CN1S(=O)(=O)c1cccc(C#N)c1. The molecule has 0 bridgehead atoms. The van der Waals surface area contributed by atoms with E-state index in [4.69, 9.17) is 27.9 Å². The fourth-order valence-electron chi connectivity index (χ4n) is 5.97. The number of anilines is 1. The highest BCUT2D eigenvalue weighted by Crippen LogP contribution is 2.35. The van der Waals surface area contributed by atoms with E-state index in [9.17, 15) is 36.8 Å². The number of hydrogen-bond acceptors (Lipinski definition) is 9. The molecule has 3 atom stereocenters. The van der Waals surface area contributed by atoms with Crippen LogP contribution in [0.4, 0.5) is 14.5 Å². The Morgan fingerprint density at radius 1 is 1.14 bits per heavy atom. The predicted molar refractivity (Wildman–Crippen MR) is 179 cm³/mol. The molecule has 5 rings (SSSR count). The molecular formula is C33H32Cl2F2N6O6S. The first-order valence-electron chi connectivity index (χ1n) is 15.5. The van der Waals surface area contributed by atoms with Crippen LogP contribution in [0.2, 0.25) is 10.0 Å². The number of alkyl halides is 2. The zero-order valence-corrected chi connectivity index (χ0v) is 28.9. The molecule has 0 radical (unpaired) electrons. The van der Waals surface area contributed by atoms with Crippen LogP contribution in [0.5, 0.6) is 0 Å². The van der Waals surface area contributed by atoms with Gasteiger partial charge in [-0.3, -0.25) is 19.5 Å². The third-order valence-corrected chi connectivity index (χ3v) is 10.9. The van der Waals surface area contributed by atoms with Crippen molar-refractivity contribution in [2.45, 2.75) is 55.1 Å². The van der Waals surface area contributed by atoms with Crippen molar-refractivity contribution in [2.75, 3.05) is 31.6 Å². The Morgan fingerprint density at radius 2 is 1.84 bits per heavy atom. The van der Waals surface area contributed by atoms with E-state index in [0.717, 1.165) is 4.31 Å². The summed E-state index contributed by atoms with van der Waals surface area (Å²) < 4.78 is 62.2. The number of amides is 2. The van der Waals surface area contributed by atoms with Crippen LogP contribution >= 0.6 is 23.2 Å². The van der Waals surface area contributed by atoms with E-state index in [-0.39, 0.29) is 58.6 Å². The lowest BCUT2D eigenvalue weighted by Crippen LogP contribution is -2.51. The molecule has 2 aliphatic heterocycles. The van der Waals surface area contributed by atoms with Gasteiger partial charge in [0.2, 0.25) is 15.9 Å². The fraction of sp³-hybridized carbons (Fsp3) is 0.364. The first-order valence-corrected chi connectivity index (χ1v) is 17.7. The average Bonchev–Trinajstić information content (AvgIpc) is 3.69. The van der Waals surface area contributed by atoms with Gasteiger partial charge in [-0.15, -0.1) is 0 Å².